The van der Waals surface area contributed by atoms with E-state index in [-0.39, 0.29) is 0 Å². The Morgan fingerprint density at radius 3 is 1.74 bits per heavy atom. The van der Waals surface area contributed by atoms with Gasteiger partial charge in [0.05, 0.1) is 27.9 Å². The number of nitrogens with zero attached hydrogens (tertiary/aromatic N) is 4. The van der Waals surface area contributed by atoms with Gasteiger partial charge in [0.2, 0.25) is 0 Å². The summed E-state index contributed by atoms with van der Waals surface area (Å²) in [6.45, 7) is 10.4. The maximum absolute atomic E-state index is 5.14. The smallest absolute Gasteiger partial charge is 0.160 e. The van der Waals surface area contributed by atoms with Gasteiger partial charge in [-0.2, -0.15) is 0 Å². The molecular weight excluding hydrogens is 645 g/mol. The third-order valence-electron chi connectivity index (χ3n) is 10.4. The fourth-order valence-electron chi connectivity index (χ4n) is 7.84. The fraction of sp³-hybridized carbons (Fsp3) is 0.0612. The van der Waals surface area contributed by atoms with E-state index in [0.29, 0.717) is 0 Å². The summed E-state index contributed by atoms with van der Waals surface area (Å²) in [5.74, 6) is 0.728. The van der Waals surface area contributed by atoms with Crippen molar-refractivity contribution in [1.29, 1.82) is 0 Å². The van der Waals surface area contributed by atoms with Crippen LogP contribution in [0.1, 0.15) is 18.1 Å². The highest BCUT2D eigenvalue weighted by molar-refractivity contribution is 6.09. The van der Waals surface area contributed by atoms with Crippen LogP contribution in [0.5, 0.6) is 0 Å². The van der Waals surface area contributed by atoms with Crippen molar-refractivity contribution < 1.29 is 0 Å². The van der Waals surface area contributed by atoms with E-state index in [0.717, 1.165) is 66.9 Å². The standard InChI is InChI=1S/C49H38N4/c1-5-15-39-42-30-36(53-46-22-13-11-20-40(46)41-21-12-14-23-47(41)53)28-29-48(42)52(45(39)6-2)35-26-24-34(25-27-35)43-31-44(37-18-9-7-16-32(37)3)51-49(50-43)38-19-10-8-17-33(38)4/h5-31H,1H2,2-4H3/b39-15-,45-6+. The van der Waals surface area contributed by atoms with Crippen molar-refractivity contribution in [2.24, 2.45) is 0 Å². The number of allylic oxidation sites excluding steroid dienone is 1. The Morgan fingerprint density at radius 1 is 0.528 bits per heavy atom. The molecule has 0 atom stereocenters. The molecule has 0 aliphatic rings. The molecule has 0 unspecified atom stereocenters. The van der Waals surface area contributed by atoms with Gasteiger partial charge >= 0.3 is 0 Å². The summed E-state index contributed by atoms with van der Waals surface area (Å²) in [5.41, 5.74) is 13.0. The van der Waals surface area contributed by atoms with Crippen LogP contribution in [0, 0.1) is 13.8 Å². The molecule has 0 radical (unpaired) electrons. The predicted molar refractivity (Wildman–Crippen MR) is 223 cm³/mol. The summed E-state index contributed by atoms with van der Waals surface area (Å²) >= 11 is 0. The first-order chi connectivity index (χ1) is 26.0. The van der Waals surface area contributed by atoms with Crippen LogP contribution in [-0.4, -0.2) is 19.1 Å². The van der Waals surface area contributed by atoms with Gasteiger partial charge in [0.1, 0.15) is 0 Å². The number of rotatable bonds is 6. The Hall–Kier alpha value is -6.78. The Balaban J connectivity index is 1.20. The largest absolute Gasteiger partial charge is 0.310 e. The van der Waals surface area contributed by atoms with Gasteiger partial charge in [0.15, 0.2) is 5.82 Å². The highest BCUT2D eigenvalue weighted by Gasteiger charge is 2.17. The number of hydrogen-bond donors (Lipinski definition) is 0. The molecule has 6 aromatic carbocycles. The van der Waals surface area contributed by atoms with Crippen LogP contribution in [0.2, 0.25) is 0 Å². The molecule has 3 heterocycles. The van der Waals surface area contributed by atoms with E-state index < -0.39 is 0 Å². The first-order valence-electron chi connectivity index (χ1n) is 18.1. The number of aryl methyl sites for hydroxylation is 2. The molecule has 0 spiro atoms. The molecule has 0 fully saturated rings. The number of hydrogen-bond acceptors (Lipinski definition) is 2. The fourth-order valence-corrected chi connectivity index (χ4v) is 7.84. The summed E-state index contributed by atoms with van der Waals surface area (Å²) in [7, 11) is 0. The van der Waals surface area contributed by atoms with Crippen molar-refractivity contribution in [2.45, 2.75) is 20.8 Å². The van der Waals surface area contributed by atoms with Crippen LogP contribution >= 0.6 is 0 Å². The van der Waals surface area contributed by atoms with Crippen LogP contribution in [0.15, 0.2) is 158 Å². The zero-order chi connectivity index (χ0) is 36.1. The summed E-state index contributed by atoms with van der Waals surface area (Å²) in [5, 5.41) is 5.94. The summed E-state index contributed by atoms with van der Waals surface area (Å²) in [6, 6.07) is 51.7. The van der Waals surface area contributed by atoms with Crippen molar-refractivity contribution >= 4 is 44.9 Å². The third-order valence-corrected chi connectivity index (χ3v) is 10.4. The lowest BCUT2D eigenvalue weighted by molar-refractivity contribution is 1.07. The molecule has 0 bridgehead atoms. The highest BCUT2D eigenvalue weighted by Crippen LogP contribution is 2.34. The van der Waals surface area contributed by atoms with Gasteiger partial charge in [-0.1, -0.05) is 122 Å². The average molecular weight is 683 g/mol. The minimum absolute atomic E-state index is 0.728. The number of benzene rings is 6. The maximum atomic E-state index is 5.14. The van der Waals surface area contributed by atoms with Crippen LogP contribution in [-0.2, 0) is 0 Å². The number of para-hydroxylation sites is 2. The van der Waals surface area contributed by atoms with Crippen LogP contribution < -0.4 is 10.6 Å². The van der Waals surface area contributed by atoms with E-state index in [1.807, 2.05) is 12.1 Å². The molecule has 0 saturated carbocycles. The third kappa shape index (κ3) is 5.39. The van der Waals surface area contributed by atoms with Crippen molar-refractivity contribution in [3.05, 3.63) is 180 Å². The SMILES string of the molecule is C=C/C=c1\c(=C/C)n(-c2ccc(-c3cc(-c4ccccc4C)nc(-c4ccccc4C)n3)cc2)c2ccc(-n3c4ccccc4c4ccccc43)cc12. The first kappa shape index (κ1) is 32.1. The van der Waals surface area contributed by atoms with Gasteiger partial charge in [0.25, 0.3) is 0 Å². The van der Waals surface area contributed by atoms with E-state index in [9.17, 15) is 0 Å². The quantitative estimate of drug-likeness (QED) is 0.175. The molecule has 254 valence electrons. The minimum Gasteiger partial charge on any atom is -0.310 e. The van der Waals surface area contributed by atoms with Crippen LogP contribution in [0.4, 0.5) is 0 Å². The second-order valence-electron chi connectivity index (χ2n) is 13.5. The van der Waals surface area contributed by atoms with Gasteiger partial charge in [0, 0.05) is 54.8 Å². The van der Waals surface area contributed by atoms with E-state index in [1.54, 1.807) is 0 Å². The van der Waals surface area contributed by atoms with E-state index in [1.165, 1.54) is 32.8 Å². The minimum atomic E-state index is 0.728. The number of fused-ring (bicyclic) bond motifs is 4. The van der Waals surface area contributed by atoms with Gasteiger partial charge in [-0.3, -0.25) is 0 Å². The van der Waals surface area contributed by atoms with Gasteiger partial charge in [-0.05, 0) is 80.4 Å². The monoisotopic (exact) mass is 682 g/mol. The summed E-state index contributed by atoms with van der Waals surface area (Å²) in [6.07, 6.45) is 6.20. The van der Waals surface area contributed by atoms with Gasteiger partial charge in [-0.25, -0.2) is 9.97 Å². The molecule has 53 heavy (non-hydrogen) atoms. The second kappa shape index (κ2) is 13.1. The lowest BCUT2D eigenvalue weighted by Crippen LogP contribution is -2.27. The Morgan fingerprint density at radius 2 is 1.09 bits per heavy atom. The number of aromatic nitrogens is 4. The zero-order valence-corrected chi connectivity index (χ0v) is 30.1. The van der Waals surface area contributed by atoms with E-state index in [2.05, 4.69) is 188 Å². The van der Waals surface area contributed by atoms with Gasteiger partial charge < -0.3 is 9.13 Å². The molecule has 0 N–H and O–H groups in total. The normalized spacial score (nSPS) is 12.4. The Kier molecular flexibility index (Phi) is 7.93. The molecule has 9 rings (SSSR count). The summed E-state index contributed by atoms with van der Waals surface area (Å²) in [4.78, 5) is 10.2. The topological polar surface area (TPSA) is 35.6 Å². The molecule has 4 heteroatoms. The lowest BCUT2D eigenvalue weighted by atomic mass is 10.0. The van der Waals surface area contributed by atoms with Crippen molar-refractivity contribution in [3.63, 3.8) is 0 Å². The molecule has 0 amide bonds. The molecule has 0 saturated heterocycles. The highest BCUT2D eigenvalue weighted by atomic mass is 15.0. The Bertz CT molecular complexity index is 2880. The maximum Gasteiger partial charge on any atom is 0.160 e. The van der Waals surface area contributed by atoms with Crippen molar-refractivity contribution in [1.82, 2.24) is 19.1 Å². The average Bonchev–Trinajstić information content (AvgIpc) is 3.70. The second-order valence-corrected chi connectivity index (χ2v) is 13.5. The van der Waals surface area contributed by atoms with Crippen LogP contribution in [0.3, 0.4) is 0 Å². The zero-order valence-electron chi connectivity index (χ0n) is 30.1. The Labute approximate surface area is 309 Å². The van der Waals surface area contributed by atoms with Crippen molar-refractivity contribution in [3.8, 4) is 45.3 Å². The molecule has 4 nitrogen and oxygen atoms in total. The van der Waals surface area contributed by atoms with Crippen molar-refractivity contribution in [2.75, 3.05) is 0 Å². The van der Waals surface area contributed by atoms with Crippen LogP contribution in [0.25, 0.3) is 90.1 Å². The van der Waals surface area contributed by atoms with E-state index >= 15 is 0 Å². The summed E-state index contributed by atoms with van der Waals surface area (Å²) < 4.78 is 4.73. The van der Waals surface area contributed by atoms with E-state index in [4.69, 9.17) is 9.97 Å². The molecule has 9 aromatic rings. The predicted octanol–water partition coefficient (Wildman–Crippen LogP) is 10.9. The lowest BCUT2D eigenvalue weighted by Gasteiger charge is -2.13. The first-order valence-corrected chi connectivity index (χ1v) is 18.1. The molecule has 3 aromatic heterocycles. The van der Waals surface area contributed by atoms with Gasteiger partial charge in [-0.15, -0.1) is 0 Å². The molecule has 0 aliphatic heterocycles. The molecule has 0 aliphatic carbocycles. The molecular formula is C49H38N4.